The van der Waals surface area contributed by atoms with E-state index in [1.807, 2.05) is 12.1 Å². The van der Waals surface area contributed by atoms with Crippen LogP contribution < -0.4 is 4.72 Å². The van der Waals surface area contributed by atoms with Crippen LogP contribution in [0.1, 0.15) is 5.56 Å². The van der Waals surface area contributed by atoms with Crippen LogP contribution in [0.3, 0.4) is 0 Å². The van der Waals surface area contributed by atoms with Crippen molar-refractivity contribution < 1.29 is 13.2 Å². The maximum Gasteiger partial charge on any atom is 0.280 e. The quantitative estimate of drug-likeness (QED) is 0.724. The second-order valence-electron chi connectivity index (χ2n) is 3.83. The number of nitrogens with zero attached hydrogens (tertiary/aromatic N) is 2. The van der Waals surface area contributed by atoms with Gasteiger partial charge in [-0.3, -0.25) is 4.98 Å². The molecular formula is C10H13N3O3S. The number of hydrogen-bond acceptors (Lipinski definition) is 4. The number of hydrogen-bond donors (Lipinski definition) is 1. The van der Waals surface area contributed by atoms with E-state index in [1.165, 1.54) is 4.31 Å². The summed E-state index contributed by atoms with van der Waals surface area (Å²) in [5.74, 6) is 0. The molecular weight excluding hydrogens is 242 g/mol. The van der Waals surface area contributed by atoms with Crippen LogP contribution in [0.4, 0.5) is 0 Å². The summed E-state index contributed by atoms with van der Waals surface area (Å²) in [7, 11) is -3.48. The maximum absolute atomic E-state index is 11.6. The molecule has 0 aromatic carbocycles. The summed E-state index contributed by atoms with van der Waals surface area (Å²) in [5.41, 5.74) is 1.02. The van der Waals surface area contributed by atoms with Gasteiger partial charge in [0.1, 0.15) is 6.29 Å². The van der Waals surface area contributed by atoms with E-state index in [1.54, 1.807) is 12.4 Å². The Morgan fingerprint density at radius 3 is 2.76 bits per heavy atom. The second kappa shape index (κ2) is 4.91. The first kappa shape index (κ1) is 12.2. The molecule has 0 bridgehead atoms. The number of aldehydes is 1. The Hall–Kier alpha value is -1.31. The molecule has 2 rings (SSSR count). The Balaban J connectivity index is 1.98. The van der Waals surface area contributed by atoms with Crippen molar-refractivity contribution in [2.75, 3.05) is 13.1 Å². The van der Waals surface area contributed by atoms with Crippen molar-refractivity contribution >= 4 is 16.5 Å². The van der Waals surface area contributed by atoms with E-state index in [-0.39, 0.29) is 6.54 Å². The normalized spacial score (nSPS) is 23.6. The molecule has 0 spiro atoms. The topological polar surface area (TPSA) is 79.4 Å². The van der Waals surface area contributed by atoms with E-state index in [0.717, 1.165) is 5.56 Å². The van der Waals surface area contributed by atoms with E-state index >= 15 is 0 Å². The average Bonchev–Trinajstić information content (AvgIpc) is 2.63. The highest BCUT2D eigenvalue weighted by molar-refractivity contribution is 7.87. The van der Waals surface area contributed by atoms with Gasteiger partial charge in [-0.1, -0.05) is 0 Å². The SMILES string of the molecule is O=CC1CN(CCc2ccncc2)S(=O)(=O)N1. The minimum Gasteiger partial charge on any atom is -0.302 e. The highest BCUT2D eigenvalue weighted by atomic mass is 32.2. The molecule has 0 amide bonds. The Morgan fingerprint density at radius 2 is 2.18 bits per heavy atom. The zero-order valence-corrected chi connectivity index (χ0v) is 9.93. The first-order chi connectivity index (χ1) is 8.12. The van der Waals surface area contributed by atoms with Crippen LogP contribution in [0.25, 0.3) is 0 Å². The molecule has 7 heteroatoms. The number of nitrogens with one attached hydrogen (secondary N) is 1. The van der Waals surface area contributed by atoms with Gasteiger partial charge in [0.05, 0.1) is 6.04 Å². The Kier molecular flexibility index (Phi) is 3.51. The predicted molar refractivity (Wildman–Crippen MR) is 61.4 cm³/mol. The number of carbonyl (C=O) groups is 1. The van der Waals surface area contributed by atoms with Gasteiger partial charge in [0.15, 0.2) is 0 Å². The van der Waals surface area contributed by atoms with E-state index in [2.05, 4.69) is 9.71 Å². The smallest absolute Gasteiger partial charge is 0.280 e. The maximum atomic E-state index is 11.6. The van der Waals surface area contributed by atoms with E-state index in [0.29, 0.717) is 19.3 Å². The van der Waals surface area contributed by atoms with Gasteiger partial charge in [-0.2, -0.15) is 17.4 Å². The summed E-state index contributed by atoms with van der Waals surface area (Å²) in [5, 5.41) is 0. The average molecular weight is 255 g/mol. The van der Waals surface area contributed by atoms with Crippen LogP contribution in [-0.2, 0) is 21.4 Å². The lowest BCUT2D eigenvalue weighted by atomic mass is 10.2. The first-order valence-corrected chi connectivity index (χ1v) is 6.67. The molecule has 0 aliphatic carbocycles. The highest BCUT2D eigenvalue weighted by Crippen LogP contribution is 2.10. The Labute approximate surface area is 99.8 Å². The Bertz CT molecular complexity index is 489. The molecule has 1 aliphatic heterocycles. The molecule has 1 aliphatic rings. The summed E-state index contributed by atoms with van der Waals surface area (Å²) in [6.07, 6.45) is 4.56. The van der Waals surface area contributed by atoms with E-state index < -0.39 is 16.3 Å². The lowest BCUT2D eigenvalue weighted by Crippen LogP contribution is -2.31. The van der Waals surface area contributed by atoms with Crippen LogP contribution in [0.5, 0.6) is 0 Å². The third-order valence-corrected chi connectivity index (χ3v) is 4.22. The second-order valence-corrected chi connectivity index (χ2v) is 5.53. The van der Waals surface area contributed by atoms with Gasteiger partial charge < -0.3 is 4.79 Å². The standard InChI is InChI=1S/C10H13N3O3S/c14-8-10-7-13(17(15,16)12-10)6-3-9-1-4-11-5-2-9/h1-2,4-5,8,10,12H,3,6-7H2. The molecule has 0 saturated carbocycles. The molecule has 6 nitrogen and oxygen atoms in total. The molecule has 2 heterocycles. The van der Waals surface area contributed by atoms with Gasteiger partial charge in [0.2, 0.25) is 0 Å². The third-order valence-electron chi connectivity index (χ3n) is 2.60. The van der Waals surface area contributed by atoms with Gasteiger partial charge in [0, 0.05) is 25.5 Å². The van der Waals surface area contributed by atoms with Crippen LogP contribution in [0, 0.1) is 0 Å². The van der Waals surface area contributed by atoms with Crippen molar-refractivity contribution in [3.05, 3.63) is 30.1 Å². The minimum atomic E-state index is -3.48. The van der Waals surface area contributed by atoms with Crippen LogP contribution in [0.15, 0.2) is 24.5 Å². The molecule has 0 radical (unpaired) electrons. The monoisotopic (exact) mass is 255 g/mol. The fraction of sp³-hybridized carbons (Fsp3) is 0.400. The number of carbonyl (C=O) groups excluding carboxylic acids is 1. The molecule has 1 saturated heterocycles. The van der Waals surface area contributed by atoms with Gasteiger partial charge in [0.25, 0.3) is 10.2 Å². The highest BCUT2D eigenvalue weighted by Gasteiger charge is 2.34. The van der Waals surface area contributed by atoms with Gasteiger partial charge in [-0.05, 0) is 24.1 Å². The van der Waals surface area contributed by atoms with Crippen molar-refractivity contribution in [2.24, 2.45) is 0 Å². The van der Waals surface area contributed by atoms with Crippen molar-refractivity contribution in [3.63, 3.8) is 0 Å². The molecule has 1 fully saturated rings. The van der Waals surface area contributed by atoms with Crippen LogP contribution in [0.2, 0.25) is 0 Å². The zero-order chi connectivity index (χ0) is 12.3. The fourth-order valence-corrected chi connectivity index (χ4v) is 3.06. The molecule has 1 unspecified atom stereocenters. The van der Waals surface area contributed by atoms with E-state index in [4.69, 9.17) is 0 Å². The molecule has 1 N–H and O–H groups in total. The fourth-order valence-electron chi connectivity index (χ4n) is 1.71. The molecule has 1 aromatic heterocycles. The minimum absolute atomic E-state index is 0.205. The van der Waals surface area contributed by atoms with Crippen molar-refractivity contribution in [1.29, 1.82) is 0 Å². The first-order valence-electron chi connectivity index (χ1n) is 5.23. The van der Waals surface area contributed by atoms with Gasteiger partial charge >= 0.3 is 0 Å². The Morgan fingerprint density at radius 1 is 1.47 bits per heavy atom. The zero-order valence-electron chi connectivity index (χ0n) is 9.11. The summed E-state index contributed by atoms with van der Waals surface area (Å²) in [6.45, 7) is 0.570. The van der Waals surface area contributed by atoms with Crippen LogP contribution in [-0.4, -0.2) is 43.1 Å². The molecule has 1 atom stereocenters. The van der Waals surface area contributed by atoms with E-state index in [9.17, 15) is 13.2 Å². The predicted octanol–water partition coefficient (Wildman–Crippen LogP) is -0.658. The molecule has 1 aromatic rings. The summed E-state index contributed by atoms with van der Waals surface area (Å²) in [6, 6.07) is 3.05. The van der Waals surface area contributed by atoms with Crippen molar-refractivity contribution in [3.8, 4) is 0 Å². The third kappa shape index (κ3) is 2.87. The molecule has 92 valence electrons. The largest absolute Gasteiger partial charge is 0.302 e. The summed E-state index contributed by atoms with van der Waals surface area (Å²) < 4.78 is 26.8. The number of pyridine rings is 1. The summed E-state index contributed by atoms with van der Waals surface area (Å²) >= 11 is 0. The molecule has 17 heavy (non-hydrogen) atoms. The van der Waals surface area contributed by atoms with Gasteiger partial charge in [-0.15, -0.1) is 0 Å². The number of rotatable bonds is 4. The van der Waals surface area contributed by atoms with Crippen molar-refractivity contribution in [1.82, 2.24) is 14.0 Å². The lowest BCUT2D eigenvalue weighted by molar-refractivity contribution is -0.109. The van der Waals surface area contributed by atoms with Gasteiger partial charge in [-0.25, -0.2) is 0 Å². The summed E-state index contributed by atoms with van der Waals surface area (Å²) in [4.78, 5) is 14.4. The lowest BCUT2D eigenvalue weighted by Gasteiger charge is -2.12. The number of aromatic nitrogens is 1. The van der Waals surface area contributed by atoms with Crippen LogP contribution >= 0.6 is 0 Å². The van der Waals surface area contributed by atoms with Crippen molar-refractivity contribution in [2.45, 2.75) is 12.5 Å².